The second-order valence-electron chi connectivity index (χ2n) is 5.46. The van der Waals surface area contributed by atoms with Gasteiger partial charge in [-0.25, -0.2) is 0 Å². The van der Waals surface area contributed by atoms with Crippen molar-refractivity contribution in [2.75, 3.05) is 0 Å². The maximum atomic E-state index is 10.8. The van der Waals surface area contributed by atoms with Gasteiger partial charge in [0.1, 0.15) is 0 Å². The van der Waals surface area contributed by atoms with Crippen molar-refractivity contribution in [1.82, 2.24) is 0 Å². The highest BCUT2D eigenvalue weighted by atomic mass is 28.4. The highest BCUT2D eigenvalue weighted by Crippen LogP contribution is 2.41. The van der Waals surface area contributed by atoms with Crippen LogP contribution in [0.15, 0.2) is 11.3 Å². The second-order valence-corrected chi connectivity index (χ2v) is 9.21. The zero-order valence-corrected chi connectivity index (χ0v) is 11.0. The molecule has 2 rings (SSSR count). The minimum Gasteiger partial charge on any atom is -0.428 e. The third kappa shape index (κ3) is 2.54. The fourth-order valence-electron chi connectivity index (χ4n) is 3.22. The van der Waals surface area contributed by atoms with Crippen molar-refractivity contribution in [1.29, 1.82) is 0 Å². The van der Waals surface area contributed by atoms with Crippen LogP contribution in [-0.2, 0) is 0 Å². The first kappa shape index (κ1) is 11.4. The van der Waals surface area contributed by atoms with Crippen LogP contribution in [0.5, 0.6) is 0 Å². The van der Waals surface area contributed by atoms with E-state index in [0.717, 1.165) is 0 Å². The maximum absolute atomic E-state index is 10.8. The molecule has 1 nitrogen and oxygen atoms in total. The molecule has 0 aromatic rings. The lowest BCUT2D eigenvalue weighted by Crippen LogP contribution is -2.41. The Hall–Kier alpha value is -0.0831. The molecular weight excluding hydrogens is 200 g/mol. The van der Waals surface area contributed by atoms with Crippen LogP contribution >= 0.6 is 0 Å². The van der Waals surface area contributed by atoms with E-state index in [-0.39, 0.29) is 0 Å². The van der Waals surface area contributed by atoms with E-state index < -0.39 is 8.32 Å². The highest BCUT2D eigenvalue weighted by molar-refractivity contribution is 6.79. The van der Waals surface area contributed by atoms with Crippen molar-refractivity contribution in [3.05, 3.63) is 11.3 Å². The number of allylic oxidation sites excluding steroid dienone is 2. The van der Waals surface area contributed by atoms with Crippen LogP contribution in [0.25, 0.3) is 0 Å². The van der Waals surface area contributed by atoms with Crippen molar-refractivity contribution in [2.24, 2.45) is 0 Å². The lowest BCUT2D eigenvalue weighted by molar-refractivity contribution is 0.433. The fraction of sp³-hybridized carbons (Fsp3) is 0.846. The van der Waals surface area contributed by atoms with Gasteiger partial charge in [0.15, 0.2) is 0 Å². The van der Waals surface area contributed by atoms with E-state index in [1.54, 1.807) is 0 Å². The van der Waals surface area contributed by atoms with Crippen LogP contribution in [0.3, 0.4) is 0 Å². The molecule has 0 bridgehead atoms. The largest absolute Gasteiger partial charge is 0.428 e. The Morgan fingerprint density at radius 3 is 2.47 bits per heavy atom. The van der Waals surface area contributed by atoms with Crippen molar-refractivity contribution >= 4 is 8.32 Å². The summed E-state index contributed by atoms with van der Waals surface area (Å²) in [5, 5.41) is 1.47. The maximum Gasteiger partial charge on any atom is 0.215 e. The van der Waals surface area contributed by atoms with Gasteiger partial charge in [0.2, 0.25) is 8.32 Å². The lowest BCUT2D eigenvalue weighted by Gasteiger charge is -2.36. The first-order chi connectivity index (χ1) is 7.21. The Kier molecular flexibility index (Phi) is 3.67. The molecule has 15 heavy (non-hydrogen) atoms. The van der Waals surface area contributed by atoms with Crippen molar-refractivity contribution in [3.63, 3.8) is 0 Å². The van der Waals surface area contributed by atoms with Gasteiger partial charge in [-0.3, -0.25) is 0 Å². The minimum absolute atomic E-state index is 0.663. The van der Waals surface area contributed by atoms with Crippen LogP contribution in [0.2, 0.25) is 12.1 Å². The van der Waals surface area contributed by atoms with Gasteiger partial charge in [0.25, 0.3) is 0 Å². The molecule has 0 amide bonds. The van der Waals surface area contributed by atoms with Gasteiger partial charge in [-0.2, -0.15) is 0 Å². The highest BCUT2D eigenvalue weighted by Gasteiger charge is 2.39. The molecule has 2 heteroatoms. The van der Waals surface area contributed by atoms with Crippen molar-refractivity contribution in [2.45, 2.75) is 69.9 Å². The fourth-order valence-corrected chi connectivity index (χ4v) is 6.52. The molecule has 0 aromatic carbocycles. The smallest absolute Gasteiger partial charge is 0.215 e. The molecule has 0 radical (unpaired) electrons. The van der Waals surface area contributed by atoms with Gasteiger partial charge in [-0.05, 0) is 37.8 Å². The average molecular weight is 224 g/mol. The van der Waals surface area contributed by atoms with E-state index >= 15 is 0 Å². The molecular formula is C13H24OSi. The summed E-state index contributed by atoms with van der Waals surface area (Å²) < 4.78 is 0. The average Bonchev–Trinajstić information content (AvgIpc) is 2.31. The van der Waals surface area contributed by atoms with Gasteiger partial charge < -0.3 is 4.80 Å². The monoisotopic (exact) mass is 224 g/mol. The zero-order chi connectivity index (χ0) is 10.7. The van der Waals surface area contributed by atoms with E-state index in [1.807, 2.05) is 0 Å². The molecule has 0 spiro atoms. The molecule has 2 aliphatic carbocycles. The molecule has 0 aromatic heterocycles. The number of rotatable bonds is 2. The second kappa shape index (κ2) is 4.83. The van der Waals surface area contributed by atoms with Crippen LogP contribution in [0.1, 0.15) is 57.8 Å². The predicted octanol–water partition coefficient (Wildman–Crippen LogP) is 3.93. The normalized spacial score (nSPS) is 28.3. The quantitative estimate of drug-likeness (QED) is 0.705. The third-order valence-corrected chi connectivity index (χ3v) is 8.26. The Labute approximate surface area is 94.7 Å². The summed E-state index contributed by atoms with van der Waals surface area (Å²) in [6.07, 6.45) is 14.1. The molecule has 0 heterocycles. The van der Waals surface area contributed by atoms with Gasteiger partial charge in [0, 0.05) is 0 Å². The Morgan fingerprint density at radius 2 is 1.87 bits per heavy atom. The van der Waals surface area contributed by atoms with Gasteiger partial charge in [-0.1, -0.05) is 43.4 Å². The molecule has 1 N–H and O–H groups in total. The topological polar surface area (TPSA) is 20.2 Å². The molecule has 0 saturated heterocycles. The predicted molar refractivity (Wildman–Crippen MR) is 67.2 cm³/mol. The van der Waals surface area contributed by atoms with E-state index in [1.165, 1.54) is 63.0 Å². The van der Waals surface area contributed by atoms with E-state index in [2.05, 4.69) is 12.6 Å². The number of hydrogen-bond donors (Lipinski definition) is 1. The summed E-state index contributed by atoms with van der Waals surface area (Å²) in [7, 11) is -2.04. The minimum atomic E-state index is -2.04. The molecule has 0 aliphatic heterocycles. The van der Waals surface area contributed by atoms with Crippen LogP contribution < -0.4 is 0 Å². The summed E-state index contributed by atoms with van der Waals surface area (Å²) in [6, 6.07) is 0. The Balaban J connectivity index is 2.06. The Bertz CT molecular complexity index is 239. The number of hydrogen-bond acceptors (Lipinski definition) is 1. The summed E-state index contributed by atoms with van der Waals surface area (Å²) in [5.74, 6) is 0. The molecule has 1 saturated carbocycles. The SMILES string of the molecule is C[Si](O)(C1=CCCCC1)C1CCCCC1. The first-order valence-corrected chi connectivity index (χ1v) is 9.15. The van der Waals surface area contributed by atoms with Crippen molar-refractivity contribution in [3.8, 4) is 0 Å². The van der Waals surface area contributed by atoms with Gasteiger partial charge in [-0.15, -0.1) is 0 Å². The Morgan fingerprint density at radius 1 is 1.13 bits per heavy atom. The van der Waals surface area contributed by atoms with Crippen LogP contribution in [-0.4, -0.2) is 13.1 Å². The van der Waals surface area contributed by atoms with E-state index in [4.69, 9.17) is 0 Å². The third-order valence-electron chi connectivity index (χ3n) is 4.34. The summed E-state index contributed by atoms with van der Waals surface area (Å²) in [6.45, 7) is 2.19. The molecule has 1 atom stereocenters. The zero-order valence-electron chi connectivity index (χ0n) is 9.97. The molecule has 1 fully saturated rings. The molecule has 2 aliphatic rings. The van der Waals surface area contributed by atoms with Crippen LogP contribution in [0.4, 0.5) is 0 Å². The lowest BCUT2D eigenvalue weighted by atomic mass is 10.0. The van der Waals surface area contributed by atoms with Gasteiger partial charge in [0.05, 0.1) is 0 Å². The standard InChI is InChI=1S/C13H24OSi/c1-15(14,12-8-4-2-5-9-12)13-10-6-3-7-11-13/h8,13-14H,2-7,9-11H2,1H3. The molecule has 1 unspecified atom stereocenters. The van der Waals surface area contributed by atoms with Crippen LogP contribution in [0, 0.1) is 0 Å². The summed E-state index contributed by atoms with van der Waals surface area (Å²) >= 11 is 0. The summed E-state index contributed by atoms with van der Waals surface area (Å²) in [4.78, 5) is 10.8. The van der Waals surface area contributed by atoms with E-state index in [9.17, 15) is 4.80 Å². The first-order valence-electron chi connectivity index (χ1n) is 6.63. The van der Waals surface area contributed by atoms with E-state index in [0.29, 0.717) is 5.54 Å². The summed E-state index contributed by atoms with van der Waals surface area (Å²) in [5.41, 5.74) is 0.663. The van der Waals surface area contributed by atoms with Crippen molar-refractivity contribution < 1.29 is 4.80 Å². The molecule has 86 valence electrons. The van der Waals surface area contributed by atoms with Gasteiger partial charge >= 0.3 is 0 Å².